The molecule has 0 aromatic heterocycles. The predicted molar refractivity (Wildman–Crippen MR) is 445 cm³/mol. The zero-order valence-corrected chi connectivity index (χ0v) is 77.9. The van der Waals surface area contributed by atoms with Gasteiger partial charge in [0.2, 0.25) is 6.29 Å². The van der Waals surface area contributed by atoms with Gasteiger partial charge in [0, 0.05) is 5.92 Å². The van der Waals surface area contributed by atoms with Crippen LogP contribution in [0.3, 0.4) is 0 Å². The van der Waals surface area contributed by atoms with Crippen LogP contribution in [0.25, 0.3) is 0 Å². The van der Waals surface area contributed by atoms with Crippen LogP contribution in [0.5, 0.6) is 0 Å². The lowest BCUT2D eigenvalue weighted by Crippen LogP contribution is -2.71. The van der Waals surface area contributed by atoms with Crippen molar-refractivity contribution < 1.29 is 232 Å². The monoisotopic (exact) mass is 1960 g/mol. The molecule has 55 atom stereocenters. The molecular weight excluding hydrogens is 1820 g/mol. The second kappa shape index (κ2) is 41.9. The van der Waals surface area contributed by atoms with Crippen LogP contribution in [0.1, 0.15) is 147 Å². The molecule has 4 saturated carbocycles. The van der Waals surface area contributed by atoms with Gasteiger partial charge in [-0.15, -0.1) is 0 Å². The number of rotatable bonds is 28. The molecule has 9 saturated heterocycles. The minimum Gasteiger partial charge on any atom is -0.457 e. The number of aliphatic hydroxyl groups excluding tert-OH is 24. The van der Waals surface area contributed by atoms with Crippen molar-refractivity contribution in [2.24, 2.45) is 56.2 Å². The Morgan fingerprint density at radius 3 is 1.47 bits per heavy atom. The Kier molecular flexibility index (Phi) is 33.4. The average Bonchev–Trinajstić information content (AvgIpc) is 0.697. The van der Waals surface area contributed by atoms with Crippen LogP contribution in [0, 0.1) is 56.2 Å². The molecule has 782 valence electrons. The number of aliphatic hydroxyl groups is 25. The largest absolute Gasteiger partial charge is 0.457 e. The topological polar surface area (TPSA) is 732 Å². The Morgan fingerprint density at radius 2 is 0.926 bits per heavy atom. The van der Waals surface area contributed by atoms with Gasteiger partial charge >= 0.3 is 11.9 Å². The number of carbonyl (C=O) groups is 3. The van der Waals surface area contributed by atoms with Gasteiger partial charge in [-0.25, -0.2) is 0 Å². The molecule has 0 bridgehead atoms. The second-order valence-corrected chi connectivity index (χ2v) is 42.0. The van der Waals surface area contributed by atoms with Gasteiger partial charge < -0.3 is 222 Å². The Hall–Kier alpha value is -3.33. The molecule has 9 heterocycles. The molecule has 47 nitrogen and oxygen atoms in total. The van der Waals surface area contributed by atoms with Crippen molar-refractivity contribution in [1.82, 2.24) is 0 Å². The Morgan fingerprint density at radius 1 is 0.463 bits per heavy atom. The standard InChI is InChI=1S/C89H144O47/c1-13-31(2)38(95)20-48(99)128-65-35(6)123-79(71(69(65)133-75-59(110)55(106)50(101)33(4)121-75)135-78-63(114)68(132-76-60(111)56(107)51(102)40(24-90)124-76)64(34(5)122-78)129-73-62(113)66(39(96)27-118-73)130-81-72(115)88(117,29-94)30-119-81)136-82(116)89-37(21-83(7,8)22-45(89)97)36-14-15-44-84(9)18-17-47(85(10,28-93)43(84)16-19-86(44,11)87(36,12)23-46(89)98)127-80-70(134-77-61(112)57(108)52(103)41(25-91)125-77)67(53(104)42(26-92)126-80)131-74-58(109)54(105)49(100)32(3)120-74/h14,28,31-35,37-47,49-81,90-92,94-98,100-115,117H,13,15-27,29-30H2,1-12H3/t31-,32-,33-,34-,35+,37-,38-,39+,40+,41+,42+,43+,44+,45+,46+,47-,49-,50-,51+,52-,53+,54+,55+,56-,57-,58+,59+,60+,61+,62+,63+,64-,65-,66-,67-,68-,69-,70+,71+,72-,73-,74-,75-,76-,77-,78-,79-,80-,81-,84-,85-,86+,87+,88+,89-/m0/s1. The molecule has 5 aliphatic carbocycles. The molecule has 0 radical (unpaired) electrons. The SMILES string of the molecule is CC[C@H](C)[C@@H](O)CC(=O)O[C@@H]1[C@H](O[C@@H]2O[C@@H](C)[C@H](O)[C@@H](O)[C@H]2O)[C@@H](O[C@@H]2O[C@@H](C)[C@H](O[C@@H]3OC[C@@H](O)[C@H](O[C@@H]4OC[C@](O)(CO)[C@H]4O)[C@H]3O)[C@@H](O[C@@H]3O[C@H](CO)[C@@H](O)[C@H](O)[C@H]3O)[C@H]2O)[C@H](OC(=O)[C@]23[C@H](O)CC(C)(C)C[C@H]2C2=CC[C@@H]4[C@@]5(C)CC[C@H](O[C@@H]6O[C@H](CO)[C@@H](O)[C@H](O[C@@H]7O[C@@H](C)[C@H](O)[C@@H](O)[C@H]7O)[C@H]6O[C@@H]6O[C@H](CO)[C@H](O)[C@H](O)[C@H]6O)[C@@](C)(C=O)[C@@H]5CC[C@@]4(C)[C@]2(C)C[C@H]3O)O[C@@H]1C. The molecule has 14 rings (SSSR count). The summed E-state index contributed by atoms with van der Waals surface area (Å²) in [5.74, 6) is -5.02. The lowest BCUT2D eigenvalue weighted by atomic mass is 9.33. The number of esters is 2. The number of allylic oxidation sites excluding steroid dienone is 2. The van der Waals surface area contributed by atoms with E-state index in [9.17, 15) is 137 Å². The van der Waals surface area contributed by atoms with Gasteiger partial charge in [-0.2, -0.15) is 0 Å². The zero-order chi connectivity index (χ0) is 99.7. The van der Waals surface area contributed by atoms with Crippen molar-refractivity contribution in [1.29, 1.82) is 0 Å². The first-order valence-electron chi connectivity index (χ1n) is 47.2. The summed E-state index contributed by atoms with van der Waals surface area (Å²) in [7, 11) is 0. The third kappa shape index (κ3) is 19.4. The van der Waals surface area contributed by atoms with Crippen molar-refractivity contribution in [3.05, 3.63) is 11.6 Å². The number of fused-ring (bicyclic) bond motifs is 7. The van der Waals surface area contributed by atoms with Crippen LogP contribution in [0.2, 0.25) is 0 Å². The lowest BCUT2D eigenvalue weighted by Gasteiger charge is -2.71. The molecule has 13 fully saturated rings. The van der Waals surface area contributed by atoms with Crippen molar-refractivity contribution in [2.45, 2.75) is 429 Å². The summed E-state index contributed by atoms with van der Waals surface area (Å²) in [5, 5.41) is 284. The van der Waals surface area contributed by atoms with Crippen LogP contribution < -0.4 is 0 Å². The lowest BCUT2D eigenvalue weighted by molar-refractivity contribution is -0.404. The van der Waals surface area contributed by atoms with E-state index < -0.39 is 390 Å². The maximum atomic E-state index is 16.9. The number of carbonyl (C=O) groups excluding carboxylic acids is 3. The number of hydrogen-bond acceptors (Lipinski definition) is 47. The van der Waals surface area contributed by atoms with E-state index in [2.05, 4.69) is 13.8 Å². The molecule has 0 unspecified atom stereocenters. The fraction of sp³-hybridized carbons (Fsp3) is 0.944. The molecule has 14 aliphatic rings. The second-order valence-electron chi connectivity index (χ2n) is 42.0. The third-order valence-electron chi connectivity index (χ3n) is 33.0. The van der Waals surface area contributed by atoms with Crippen molar-refractivity contribution in [3.8, 4) is 0 Å². The first-order valence-corrected chi connectivity index (χ1v) is 47.2. The van der Waals surface area contributed by atoms with E-state index in [0.717, 1.165) is 6.29 Å². The van der Waals surface area contributed by atoms with Gasteiger partial charge in [-0.3, -0.25) is 9.59 Å². The summed E-state index contributed by atoms with van der Waals surface area (Å²) in [6, 6.07) is 0. The van der Waals surface area contributed by atoms with Crippen molar-refractivity contribution in [3.63, 3.8) is 0 Å². The van der Waals surface area contributed by atoms with Gasteiger partial charge in [0.25, 0.3) is 0 Å². The molecule has 0 spiro atoms. The minimum atomic E-state index is -2.44. The highest BCUT2D eigenvalue weighted by atomic mass is 16.8. The molecule has 9 aliphatic heterocycles. The normalized spacial score (nSPS) is 53.6. The van der Waals surface area contributed by atoms with E-state index >= 15 is 4.79 Å². The Balaban J connectivity index is 0.804. The summed E-state index contributed by atoms with van der Waals surface area (Å²) < 4.78 is 119. The first-order chi connectivity index (χ1) is 63.8. The summed E-state index contributed by atoms with van der Waals surface area (Å²) in [4.78, 5) is 46.0. The Bertz CT molecular complexity index is 4030. The molecule has 47 heteroatoms. The summed E-state index contributed by atoms with van der Waals surface area (Å²) in [6.45, 7) is 15.1. The molecule has 0 amide bonds. The van der Waals surface area contributed by atoms with Gasteiger partial charge in [0.05, 0.1) is 100 Å². The predicted octanol–water partition coefficient (Wildman–Crippen LogP) is -9.06. The molecule has 0 aromatic carbocycles. The zero-order valence-electron chi connectivity index (χ0n) is 77.9. The van der Waals surface area contributed by atoms with E-state index in [0.29, 0.717) is 24.8 Å². The number of hydrogen-bond donors (Lipinski definition) is 25. The maximum Gasteiger partial charge on any atom is 0.320 e. The van der Waals surface area contributed by atoms with E-state index in [-0.39, 0.29) is 44.4 Å². The minimum absolute atomic E-state index is 0.0633. The van der Waals surface area contributed by atoms with Gasteiger partial charge in [-0.1, -0.05) is 73.5 Å². The highest BCUT2D eigenvalue weighted by molar-refractivity contribution is 5.81. The van der Waals surface area contributed by atoms with Crippen molar-refractivity contribution >= 4 is 18.2 Å². The van der Waals surface area contributed by atoms with Gasteiger partial charge in [-0.05, 0) is 118 Å². The summed E-state index contributed by atoms with van der Waals surface area (Å²) in [5.41, 5.74) is -9.14. The fourth-order valence-electron chi connectivity index (χ4n) is 24.3. The highest BCUT2D eigenvalue weighted by Gasteiger charge is 2.76. The fourth-order valence-corrected chi connectivity index (χ4v) is 24.3. The van der Waals surface area contributed by atoms with Crippen LogP contribution in [-0.4, -0.2) is 467 Å². The molecular formula is C89H144O47. The van der Waals surface area contributed by atoms with Gasteiger partial charge in [0.15, 0.2) is 62.5 Å². The van der Waals surface area contributed by atoms with Crippen LogP contribution >= 0.6 is 0 Å². The Labute approximate surface area is 784 Å². The number of ether oxygens (including phenoxy) is 19. The van der Waals surface area contributed by atoms with Crippen LogP contribution in [-0.2, 0) is 104 Å². The quantitative estimate of drug-likeness (QED) is 0.0150. The van der Waals surface area contributed by atoms with E-state index in [4.69, 9.17) is 90.0 Å². The average molecular weight is 1970 g/mol. The van der Waals surface area contributed by atoms with Crippen LogP contribution in [0.4, 0.5) is 0 Å². The number of aldehydes is 1. The smallest absolute Gasteiger partial charge is 0.320 e. The summed E-state index contributed by atoms with van der Waals surface area (Å²) >= 11 is 0. The van der Waals surface area contributed by atoms with E-state index in [1.807, 2.05) is 26.8 Å². The maximum absolute atomic E-state index is 16.9. The molecule has 0 aromatic rings. The first kappa shape index (κ1) is 108. The van der Waals surface area contributed by atoms with E-state index in [1.165, 1.54) is 27.7 Å². The van der Waals surface area contributed by atoms with Gasteiger partial charge in [0.1, 0.15) is 176 Å². The van der Waals surface area contributed by atoms with Crippen LogP contribution in [0.15, 0.2) is 11.6 Å². The highest BCUT2D eigenvalue weighted by Crippen LogP contribution is 2.76. The van der Waals surface area contributed by atoms with Crippen molar-refractivity contribution in [2.75, 3.05) is 39.6 Å². The third-order valence-corrected chi connectivity index (χ3v) is 33.0. The van der Waals surface area contributed by atoms with E-state index in [1.54, 1.807) is 20.8 Å². The summed E-state index contributed by atoms with van der Waals surface area (Å²) in [6.07, 6.45) is -81.4. The molecule has 136 heavy (non-hydrogen) atoms. The molecule has 25 N–H and O–H groups in total.